The Hall–Kier alpha value is -3.40. The highest BCUT2D eigenvalue weighted by Crippen LogP contribution is 2.39. The molecule has 37 heavy (non-hydrogen) atoms. The van der Waals surface area contributed by atoms with Gasteiger partial charge in [-0.3, -0.25) is 14.5 Å². The van der Waals surface area contributed by atoms with E-state index in [4.69, 9.17) is 23.7 Å². The van der Waals surface area contributed by atoms with Crippen LogP contribution in [-0.4, -0.2) is 61.1 Å². The second-order valence-electron chi connectivity index (χ2n) is 9.23. The minimum absolute atomic E-state index is 0.240. The van der Waals surface area contributed by atoms with Crippen LogP contribution in [0.15, 0.2) is 84.9 Å². The number of fused-ring (bicyclic) bond motifs is 2. The van der Waals surface area contributed by atoms with Gasteiger partial charge in [-0.1, -0.05) is 72.8 Å². The molecule has 2 fully saturated rings. The second-order valence-corrected chi connectivity index (χ2v) is 9.23. The fourth-order valence-electron chi connectivity index (χ4n) is 5.24. The Bertz CT molecular complexity index is 1230. The topological polar surface area (TPSA) is 83.5 Å². The third-order valence-corrected chi connectivity index (χ3v) is 7.02. The van der Waals surface area contributed by atoms with E-state index in [0.29, 0.717) is 11.1 Å². The first-order valence-corrected chi connectivity index (χ1v) is 12.3. The fourth-order valence-corrected chi connectivity index (χ4v) is 5.24. The number of carbonyl (C=O) groups excluding carboxylic acids is 2. The maximum atomic E-state index is 13.5. The molecule has 2 amide bonds. The molecule has 0 radical (unpaired) electrons. The van der Waals surface area contributed by atoms with Crippen LogP contribution in [0.2, 0.25) is 0 Å². The van der Waals surface area contributed by atoms with Crippen LogP contribution < -0.4 is 0 Å². The Kier molecular flexibility index (Phi) is 6.58. The first-order chi connectivity index (χ1) is 18.2. The maximum absolute atomic E-state index is 13.5. The molecule has 3 aromatic rings. The number of nitrogens with zero attached hydrogens (tertiary/aromatic N) is 1. The van der Waals surface area contributed by atoms with Gasteiger partial charge in [0.1, 0.15) is 24.4 Å². The van der Waals surface area contributed by atoms with Gasteiger partial charge in [0.2, 0.25) is 0 Å². The van der Waals surface area contributed by atoms with E-state index >= 15 is 0 Å². The Balaban J connectivity index is 1.37. The summed E-state index contributed by atoms with van der Waals surface area (Å²) in [6.07, 6.45) is -3.44. The van der Waals surface area contributed by atoms with Gasteiger partial charge in [0, 0.05) is 12.7 Å². The van der Waals surface area contributed by atoms with E-state index in [1.165, 1.54) is 12.0 Å². The smallest absolute Gasteiger partial charge is 0.262 e. The number of methoxy groups -OCH3 is 1. The summed E-state index contributed by atoms with van der Waals surface area (Å²) in [6, 6.07) is 25.2. The van der Waals surface area contributed by atoms with E-state index in [9.17, 15) is 9.59 Å². The van der Waals surface area contributed by atoms with E-state index < -0.39 is 48.7 Å². The van der Waals surface area contributed by atoms with Crippen LogP contribution in [0.1, 0.15) is 38.1 Å². The van der Waals surface area contributed by atoms with Crippen molar-refractivity contribution >= 4 is 11.8 Å². The van der Waals surface area contributed by atoms with Gasteiger partial charge in [-0.2, -0.15) is 0 Å². The number of carbonyl (C=O) groups is 2. The molecule has 0 aliphatic carbocycles. The van der Waals surface area contributed by atoms with Crippen LogP contribution in [0.5, 0.6) is 0 Å². The monoisotopic (exact) mass is 501 g/mol. The Morgan fingerprint density at radius 3 is 2.11 bits per heavy atom. The zero-order valence-corrected chi connectivity index (χ0v) is 20.3. The SMILES string of the molecule is CO[C@@H]1O[C@@H]2CO[C@H](c3ccccc3)O[C@@H]2[C@H](OCc2ccccc2)[C@@H]1N1C(=O)c2ccccc2C1=O. The van der Waals surface area contributed by atoms with Crippen LogP contribution in [0.3, 0.4) is 0 Å². The van der Waals surface area contributed by atoms with Crippen molar-refractivity contribution in [2.24, 2.45) is 0 Å². The molecule has 0 aromatic heterocycles. The minimum Gasteiger partial charge on any atom is -0.368 e. The van der Waals surface area contributed by atoms with Crippen molar-refractivity contribution in [2.75, 3.05) is 13.7 Å². The minimum atomic E-state index is -0.926. The lowest BCUT2D eigenvalue weighted by Crippen LogP contribution is -2.68. The standard InChI is InChI=1S/C29H27NO7/c1-33-29-23(30-26(31)20-14-8-9-15-21(20)27(30)32)25(34-16-18-10-4-2-5-11-18)24-22(36-29)17-35-28(37-24)19-12-6-3-7-13-19/h2-15,22-25,28-29H,16-17H2,1H3/t22-,23+,24+,25-,28+,29-/m1/s1. The lowest BCUT2D eigenvalue weighted by molar-refractivity contribution is -0.351. The summed E-state index contributed by atoms with van der Waals surface area (Å²) in [7, 11) is 1.49. The third-order valence-electron chi connectivity index (χ3n) is 7.02. The van der Waals surface area contributed by atoms with Gasteiger partial charge in [0.15, 0.2) is 12.6 Å². The zero-order chi connectivity index (χ0) is 25.4. The first kappa shape index (κ1) is 24.0. The summed E-state index contributed by atoms with van der Waals surface area (Å²) in [5.74, 6) is -0.815. The van der Waals surface area contributed by atoms with Crippen LogP contribution >= 0.6 is 0 Å². The predicted octanol–water partition coefficient (Wildman–Crippen LogP) is 3.72. The molecule has 6 rings (SSSR count). The van der Waals surface area contributed by atoms with Crippen LogP contribution in [0.4, 0.5) is 0 Å². The summed E-state index contributed by atoms with van der Waals surface area (Å²) in [5.41, 5.74) is 2.50. The van der Waals surface area contributed by atoms with Gasteiger partial charge < -0.3 is 23.7 Å². The first-order valence-electron chi connectivity index (χ1n) is 12.3. The van der Waals surface area contributed by atoms with Gasteiger partial charge in [-0.15, -0.1) is 0 Å². The van der Waals surface area contributed by atoms with E-state index in [2.05, 4.69) is 0 Å². The highest BCUT2D eigenvalue weighted by molar-refractivity contribution is 6.21. The normalized spacial score (nSPS) is 29.2. The molecule has 0 N–H and O–H groups in total. The highest BCUT2D eigenvalue weighted by Gasteiger charge is 2.56. The fraction of sp³-hybridized carbons (Fsp3) is 0.310. The molecular formula is C29H27NO7. The largest absolute Gasteiger partial charge is 0.368 e. The maximum Gasteiger partial charge on any atom is 0.262 e. The van der Waals surface area contributed by atoms with E-state index in [0.717, 1.165) is 11.1 Å². The lowest BCUT2D eigenvalue weighted by Gasteiger charge is -2.50. The van der Waals surface area contributed by atoms with Crippen molar-refractivity contribution < 1.29 is 33.3 Å². The Labute approximate surface area is 214 Å². The van der Waals surface area contributed by atoms with Crippen molar-refractivity contribution in [3.8, 4) is 0 Å². The molecule has 8 nitrogen and oxygen atoms in total. The molecule has 190 valence electrons. The predicted molar refractivity (Wildman–Crippen MR) is 131 cm³/mol. The van der Waals surface area contributed by atoms with E-state index in [1.54, 1.807) is 24.3 Å². The molecular weight excluding hydrogens is 474 g/mol. The van der Waals surface area contributed by atoms with E-state index in [-0.39, 0.29) is 13.2 Å². The average Bonchev–Trinajstić information content (AvgIpc) is 3.21. The zero-order valence-electron chi connectivity index (χ0n) is 20.3. The van der Waals surface area contributed by atoms with Crippen molar-refractivity contribution in [2.45, 2.75) is 43.5 Å². The molecule has 3 aromatic carbocycles. The van der Waals surface area contributed by atoms with E-state index in [1.807, 2.05) is 60.7 Å². The molecule has 0 spiro atoms. The Morgan fingerprint density at radius 2 is 1.46 bits per heavy atom. The molecule has 3 aliphatic rings. The third kappa shape index (κ3) is 4.37. The number of ether oxygens (including phenoxy) is 5. The van der Waals surface area contributed by atoms with Crippen molar-refractivity contribution in [3.63, 3.8) is 0 Å². The highest BCUT2D eigenvalue weighted by atomic mass is 16.7. The quantitative estimate of drug-likeness (QED) is 0.476. The summed E-state index contributed by atoms with van der Waals surface area (Å²) in [6.45, 7) is 0.495. The summed E-state index contributed by atoms with van der Waals surface area (Å²) in [4.78, 5) is 28.2. The summed E-state index contributed by atoms with van der Waals surface area (Å²) in [5, 5.41) is 0. The number of hydrogen-bond acceptors (Lipinski definition) is 7. The van der Waals surface area contributed by atoms with Gasteiger partial charge in [-0.25, -0.2) is 0 Å². The van der Waals surface area contributed by atoms with Crippen molar-refractivity contribution in [1.29, 1.82) is 0 Å². The summed E-state index contributed by atoms with van der Waals surface area (Å²) >= 11 is 0. The van der Waals surface area contributed by atoms with Gasteiger partial charge in [0.25, 0.3) is 11.8 Å². The molecule has 3 aliphatic heterocycles. The molecule has 0 bridgehead atoms. The number of imide groups is 1. The molecule has 2 saturated heterocycles. The number of rotatable bonds is 6. The second kappa shape index (κ2) is 10.2. The van der Waals surface area contributed by atoms with Crippen LogP contribution in [0, 0.1) is 0 Å². The Morgan fingerprint density at radius 1 is 0.838 bits per heavy atom. The molecule has 8 heteroatoms. The van der Waals surface area contributed by atoms with Crippen molar-refractivity contribution in [1.82, 2.24) is 4.90 Å². The average molecular weight is 502 g/mol. The van der Waals surface area contributed by atoms with Crippen LogP contribution in [-0.2, 0) is 30.3 Å². The number of amides is 2. The molecule has 0 saturated carbocycles. The summed E-state index contributed by atoms with van der Waals surface area (Å²) < 4.78 is 30.8. The molecule has 6 atom stereocenters. The van der Waals surface area contributed by atoms with Gasteiger partial charge in [-0.05, 0) is 17.7 Å². The van der Waals surface area contributed by atoms with Crippen molar-refractivity contribution in [3.05, 3.63) is 107 Å². The number of hydrogen-bond donors (Lipinski definition) is 0. The lowest BCUT2D eigenvalue weighted by atomic mass is 9.94. The molecule has 0 unspecified atom stereocenters. The van der Waals surface area contributed by atoms with Gasteiger partial charge >= 0.3 is 0 Å². The van der Waals surface area contributed by atoms with Crippen LogP contribution in [0.25, 0.3) is 0 Å². The number of benzene rings is 3. The van der Waals surface area contributed by atoms with Gasteiger partial charge in [0.05, 0.1) is 24.3 Å². The molecule has 3 heterocycles.